The van der Waals surface area contributed by atoms with Gasteiger partial charge in [0, 0.05) is 31.9 Å². The predicted octanol–water partition coefficient (Wildman–Crippen LogP) is 1.10. The second-order valence-electron chi connectivity index (χ2n) is 6.96. The fourth-order valence-electron chi connectivity index (χ4n) is 3.41. The molecule has 1 saturated carbocycles. The standard InChI is InChI=1S/C17H24N6O2/c1-21-15(6-7-18-21)11-25-12-17(24)23-8-2-3-14(23)9-22-10-16(19-20-22)13-4-5-13/h6-7,10,13-14H,2-5,8-9,11-12H2,1H3/t14-/m0/s1. The van der Waals surface area contributed by atoms with E-state index in [1.165, 1.54) is 12.8 Å². The molecular weight excluding hydrogens is 320 g/mol. The Hall–Kier alpha value is -2.22. The molecule has 1 aliphatic heterocycles. The Morgan fingerprint density at radius 2 is 2.24 bits per heavy atom. The summed E-state index contributed by atoms with van der Waals surface area (Å²) in [6, 6.07) is 2.08. The number of amides is 1. The summed E-state index contributed by atoms with van der Waals surface area (Å²) in [6.07, 6.45) is 8.25. The Bertz CT molecular complexity index is 735. The molecule has 1 atom stereocenters. The van der Waals surface area contributed by atoms with Gasteiger partial charge in [-0.2, -0.15) is 5.10 Å². The van der Waals surface area contributed by atoms with Crippen LogP contribution in [0.25, 0.3) is 0 Å². The number of hydrogen-bond donors (Lipinski definition) is 0. The summed E-state index contributed by atoms with van der Waals surface area (Å²) in [6.45, 7) is 2.01. The average Bonchev–Trinajstić information content (AvgIpc) is 2.98. The highest BCUT2D eigenvalue weighted by Crippen LogP contribution is 2.38. The van der Waals surface area contributed by atoms with Gasteiger partial charge < -0.3 is 9.64 Å². The van der Waals surface area contributed by atoms with Gasteiger partial charge in [0.2, 0.25) is 5.91 Å². The largest absolute Gasteiger partial charge is 0.365 e. The Morgan fingerprint density at radius 3 is 3.00 bits per heavy atom. The molecule has 8 nitrogen and oxygen atoms in total. The number of aromatic nitrogens is 5. The van der Waals surface area contributed by atoms with Gasteiger partial charge in [-0.3, -0.25) is 14.2 Å². The number of rotatable bonds is 7. The lowest BCUT2D eigenvalue weighted by molar-refractivity contribution is -0.137. The summed E-state index contributed by atoms with van der Waals surface area (Å²) in [5.41, 5.74) is 2.05. The lowest BCUT2D eigenvalue weighted by atomic mass is 10.2. The number of carbonyl (C=O) groups excluding carboxylic acids is 1. The molecule has 4 rings (SSSR count). The third-order valence-electron chi connectivity index (χ3n) is 5.05. The summed E-state index contributed by atoms with van der Waals surface area (Å²) < 4.78 is 9.23. The molecule has 0 unspecified atom stereocenters. The van der Waals surface area contributed by atoms with Crippen molar-refractivity contribution in [2.45, 2.75) is 50.8 Å². The summed E-state index contributed by atoms with van der Waals surface area (Å²) in [7, 11) is 1.87. The molecule has 2 aliphatic rings. The minimum atomic E-state index is 0.0483. The van der Waals surface area contributed by atoms with E-state index in [0.29, 0.717) is 19.1 Å². The fraction of sp³-hybridized carbons (Fsp3) is 0.647. The molecule has 0 radical (unpaired) electrons. The summed E-state index contributed by atoms with van der Waals surface area (Å²) >= 11 is 0. The SMILES string of the molecule is Cn1nccc1COCC(=O)N1CCC[C@H]1Cn1cc(C2CC2)nn1. The monoisotopic (exact) mass is 344 g/mol. The van der Waals surface area contributed by atoms with Crippen molar-refractivity contribution in [1.82, 2.24) is 29.7 Å². The van der Waals surface area contributed by atoms with Crippen molar-refractivity contribution in [1.29, 1.82) is 0 Å². The second kappa shape index (κ2) is 6.95. The first-order valence-electron chi connectivity index (χ1n) is 8.95. The van der Waals surface area contributed by atoms with E-state index in [0.717, 1.165) is 30.8 Å². The zero-order valence-electron chi connectivity index (χ0n) is 14.5. The number of hydrogen-bond acceptors (Lipinski definition) is 5. The topological polar surface area (TPSA) is 78.1 Å². The van der Waals surface area contributed by atoms with Crippen molar-refractivity contribution >= 4 is 5.91 Å². The number of nitrogens with zero attached hydrogens (tertiary/aromatic N) is 6. The van der Waals surface area contributed by atoms with E-state index in [1.807, 2.05) is 28.9 Å². The summed E-state index contributed by atoms with van der Waals surface area (Å²) in [5, 5.41) is 12.6. The molecule has 0 spiro atoms. The minimum Gasteiger partial charge on any atom is -0.365 e. The zero-order valence-corrected chi connectivity index (χ0v) is 14.5. The molecule has 2 fully saturated rings. The maximum Gasteiger partial charge on any atom is 0.248 e. The fourth-order valence-corrected chi connectivity index (χ4v) is 3.41. The second-order valence-corrected chi connectivity index (χ2v) is 6.96. The van der Waals surface area contributed by atoms with Gasteiger partial charge in [0.05, 0.1) is 30.6 Å². The van der Waals surface area contributed by atoms with Gasteiger partial charge in [-0.15, -0.1) is 5.10 Å². The normalized spacial score (nSPS) is 20.4. The van der Waals surface area contributed by atoms with E-state index < -0.39 is 0 Å². The number of ether oxygens (including phenoxy) is 1. The van der Waals surface area contributed by atoms with Crippen molar-refractivity contribution in [3.05, 3.63) is 29.8 Å². The van der Waals surface area contributed by atoms with Crippen molar-refractivity contribution < 1.29 is 9.53 Å². The first-order chi connectivity index (χ1) is 12.2. The average molecular weight is 344 g/mol. The van der Waals surface area contributed by atoms with Crippen molar-refractivity contribution in [3.63, 3.8) is 0 Å². The molecule has 1 aliphatic carbocycles. The highest BCUT2D eigenvalue weighted by Gasteiger charge is 2.30. The Kier molecular flexibility index (Phi) is 4.52. The van der Waals surface area contributed by atoms with Crippen LogP contribution in [0.15, 0.2) is 18.5 Å². The van der Waals surface area contributed by atoms with Crippen LogP contribution in [-0.2, 0) is 29.7 Å². The van der Waals surface area contributed by atoms with Crippen LogP contribution in [0.3, 0.4) is 0 Å². The van der Waals surface area contributed by atoms with Gasteiger partial charge in [0.25, 0.3) is 0 Å². The van der Waals surface area contributed by atoms with E-state index in [1.54, 1.807) is 10.9 Å². The van der Waals surface area contributed by atoms with Crippen LogP contribution in [-0.4, -0.2) is 54.8 Å². The van der Waals surface area contributed by atoms with Crippen molar-refractivity contribution in [2.24, 2.45) is 7.05 Å². The van der Waals surface area contributed by atoms with E-state index in [-0.39, 0.29) is 18.6 Å². The summed E-state index contributed by atoms with van der Waals surface area (Å²) in [5.74, 6) is 0.655. The van der Waals surface area contributed by atoms with Gasteiger partial charge in [0.15, 0.2) is 0 Å². The van der Waals surface area contributed by atoms with Gasteiger partial charge in [-0.25, -0.2) is 0 Å². The number of aryl methyl sites for hydroxylation is 1. The molecule has 8 heteroatoms. The first kappa shape index (κ1) is 16.3. The quantitative estimate of drug-likeness (QED) is 0.751. The Labute approximate surface area is 146 Å². The molecule has 2 aromatic heterocycles. The number of likely N-dealkylation sites (tertiary alicyclic amines) is 1. The van der Waals surface area contributed by atoms with Gasteiger partial charge in [0.1, 0.15) is 6.61 Å². The van der Waals surface area contributed by atoms with Crippen molar-refractivity contribution in [2.75, 3.05) is 13.2 Å². The van der Waals surface area contributed by atoms with Crippen LogP contribution in [0.1, 0.15) is 43.0 Å². The van der Waals surface area contributed by atoms with Crippen LogP contribution in [0.5, 0.6) is 0 Å². The Morgan fingerprint density at radius 1 is 1.36 bits per heavy atom. The zero-order chi connectivity index (χ0) is 17.2. The third-order valence-corrected chi connectivity index (χ3v) is 5.05. The highest BCUT2D eigenvalue weighted by molar-refractivity contribution is 5.78. The molecule has 134 valence electrons. The predicted molar refractivity (Wildman–Crippen MR) is 89.6 cm³/mol. The van der Waals surface area contributed by atoms with E-state index in [2.05, 4.69) is 15.4 Å². The first-order valence-corrected chi connectivity index (χ1v) is 8.95. The Balaban J connectivity index is 1.29. The van der Waals surface area contributed by atoms with E-state index in [4.69, 9.17) is 4.74 Å². The lowest BCUT2D eigenvalue weighted by Gasteiger charge is -2.24. The number of carbonyl (C=O) groups is 1. The van der Waals surface area contributed by atoms with Crippen LogP contribution < -0.4 is 0 Å². The molecule has 3 heterocycles. The lowest BCUT2D eigenvalue weighted by Crippen LogP contribution is -2.40. The van der Waals surface area contributed by atoms with E-state index in [9.17, 15) is 4.79 Å². The molecule has 1 amide bonds. The maximum absolute atomic E-state index is 12.5. The van der Waals surface area contributed by atoms with Gasteiger partial charge in [-0.05, 0) is 31.7 Å². The van der Waals surface area contributed by atoms with Crippen LogP contribution in [0, 0.1) is 0 Å². The molecule has 1 saturated heterocycles. The molecular formula is C17H24N6O2. The van der Waals surface area contributed by atoms with Gasteiger partial charge >= 0.3 is 0 Å². The van der Waals surface area contributed by atoms with Gasteiger partial charge in [-0.1, -0.05) is 5.21 Å². The van der Waals surface area contributed by atoms with E-state index >= 15 is 0 Å². The highest BCUT2D eigenvalue weighted by atomic mass is 16.5. The minimum absolute atomic E-state index is 0.0483. The van der Waals surface area contributed by atoms with Crippen LogP contribution in [0.4, 0.5) is 0 Å². The van der Waals surface area contributed by atoms with Crippen LogP contribution >= 0.6 is 0 Å². The van der Waals surface area contributed by atoms with Crippen molar-refractivity contribution in [3.8, 4) is 0 Å². The molecule has 0 N–H and O–H groups in total. The summed E-state index contributed by atoms with van der Waals surface area (Å²) in [4.78, 5) is 14.4. The molecule has 0 bridgehead atoms. The third kappa shape index (κ3) is 3.73. The molecule has 25 heavy (non-hydrogen) atoms. The smallest absolute Gasteiger partial charge is 0.248 e. The van der Waals surface area contributed by atoms with Crippen LogP contribution in [0.2, 0.25) is 0 Å². The maximum atomic E-state index is 12.5. The molecule has 2 aromatic rings. The molecule has 0 aromatic carbocycles.